The molecule has 0 aliphatic heterocycles. The Morgan fingerprint density at radius 2 is 1.90 bits per heavy atom. The van der Waals surface area contributed by atoms with E-state index in [4.69, 9.17) is 10.5 Å². The van der Waals surface area contributed by atoms with Crippen LogP contribution in [-0.4, -0.2) is 13.2 Å². The van der Waals surface area contributed by atoms with Crippen molar-refractivity contribution in [3.05, 3.63) is 65.0 Å². The minimum Gasteiger partial charge on any atom is -0.490 e. The zero-order valence-corrected chi connectivity index (χ0v) is 12.6. The number of rotatable bonds is 6. The Labute approximate surface area is 125 Å². The Morgan fingerprint density at radius 1 is 1.14 bits per heavy atom. The predicted octanol–water partition coefficient (Wildman–Crippen LogP) is 3.95. The summed E-state index contributed by atoms with van der Waals surface area (Å²) >= 11 is 0. The summed E-state index contributed by atoms with van der Waals surface area (Å²) in [6.07, 6.45) is 0.773. The number of aryl methyl sites for hydroxylation is 2. The average molecular weight is 287 g/mol. The predicted molar refractivity (Wildman–Crippen MR) is 84.2 cm³/mol. The molecule has 2 rings (SSSR count). The van der Waals surface area contributed by atoms with E-state index < -0.39 is 0 Å². The zero-order valence-electron chi connectivity index (χ0n) is 12.6. The largest absolute Gasteiger partial charge is 0.490 e. The third kappa shape index (κ3) is 4.05. The number of halogens is 1. The molecule has 3 heteroatoms. The summed E-state index contributed by atoms with van der Waals surface area (Å²) in [4.78, 5) is 0. The van der Waals surface area contributed by atoms with Crippen LogP contribution in [0.4, 0.5) is 4.39 Å². The van der Waals surface area contributed by atoms with Crippen LogP contribution < -0.4 is 10.5 Å². The number of hydrogen-bond donors (Lipinski definition) is 1. The van der Waals surface area contributed by atoms with Gasteiger partial charge in [-0.25, -0.2) is 4.39 Å². The van der Waals surface area contributed by atoms with E-state index in [1.807, 2.05) is 0 Å². The van der Waals surface area contributed by atoms with E-state index in [2.05, 4.69) is 32.0 Å². The molecule has 0 saturated carbocycles. The smallest absolute Gasteiger partial charge is 0.165 e. The molecule has 21 heavy (non-hydrogen) atoms. The molecule has 2 N–H and O–H groups in total. The normalized spacial score (nSPS) is 12.2. The second-order valence-electron chi connectivity index (χ2n) is 5.36. The molecule has 112 valence electrons. The second kappa shape index (κ2) is 7.23. The van der Waals surface area contributed by atoms with Gasteiger partial charge in [0.15, 0.2) is 11.6 Å². The average Bonchev–Trinajstić information content (AvgIpc) is 2.48. The summed E-state index contributed by atoms with van der Waals surface area (Å²) in [6, 6.07) is 12.9. The van der Waals surface area contributed by atoms with Crippen LogP contribution in [0.25, 0.3) is 0 Å². The van der Waals surface area contributed by atoms with Crippen LogP contribution in [0.1, 0.15) is 29.0 Å². The number of para-hydroxylation sites is 1. The summed E-state index contributed by atoms with van der Waals surface area (Å²) < 4.78 is 19.0. The van der Waals surface area contributed by atoms with Crippen molar-refractivity contribution in [1.82, 2.24) is 0 Å². The summed E-state index contributed by atoms with van der Waals surface area (Å²) in [5, 5.41) is 0. The van der Waals surface area contributed by atoms with Crippen molar-refractivity contribution in [2.75, 3.05) is 13.2 Å². The van der Waals surface area contributed by atoms with Crippen LogP contribution in [0.5, 0.6) is 5.75 Å². The van der Waals surface area contributed by atoms with Gasteiger partial charge >= 0.3 is 0 Å². The minimum absolute atomic E-state index is 0.233. The molecule has 0 spiro atoms. The van der Waals surface area contributed by atoms with E-state index in [0.29, 0.717) is 18.9 Å². The first kappa shape index (κ1) is 15.5. The molecular formula is C18H22FNO. The Morgan fingerprint density at radius 3 is 2.62 bits per heavy atom. The van der Waals surface area contributed by atoms with Crippen molar-refractivity contribution in [1.29, 1.82) is 0 Å². The van der Waals surface area contributed by atoms with Gasteiger partial charge in [-0.1, -0.05) is 35.9 Å². The van der Waals surface area contributed by atoms with Gasteiger partial charge in [0, 0.05) is 0 Å². The lowest BCUT2D eigenvalue weighted by molar-refractivity contribution is 0.284. The fourth-order valence-corrected chi connectivity index (χ4v) is 2.47. The molecule has 1 unspecified atom stereocenters. The maximum atomic E-state index is 13.5. The van der Waals surface area contributed by atoms with Crippen molar-refractivity contribution in [2.24, 2.45) is 5.73 Å². The fraction of sp³-hybridized carbons (Fsp3) is 0.333. The van der Waals surface area contributed by atoms with Crippen molar-refractivity contribution in [3.8, 4) is 5.75 Å². The molecule has 0 radical (unpaired) electrons. The highest BCUT2D eigenvalue weighted by molar-refractivity contribution is 5.33. The molecular weight excluding hydrogens is 265 g/mol. The lowest BCUT2D eigenvalue weighted by Crippen LogP contribution is -2.17. The first-order valence-electron chi connectivity index (χ1n) is 7.26. The quantitative estimate of drug-likeness (QED) is 0.873. The Hall–Kier alpha value is -1.87. The van der Waals surface area contributed by atoms with Gasteiger partial charge in [0.05, 0.1) is 6.61 Å². The van der Waals surface area contributed by atoms with E-state index in [9.17, 15) is 4.39 Å². The molecule has 0 fully saturated rings. The maximum absolute atomic E-state index is 13.5. The molecule has 1 atom stereocenters. The third-order valence-electron chi connectivity index (χ3n) is 3.72. The highest BCUT2D eigenvalue weighted by Gasteiger charge is 2.13. The first-order chi connectivity index (χ1) is 10.1. The highest BCUT2D eigenvalue weighted by atomic mass is 19.1. The van der Waals surface area contributed by atoms with Gasteiger partial charge in [0.1, 0.15) is 0 Å². The minimum atomic E-state index is -0.325. The van der Waals surface area contributed by atoms with Crippen molar-refractivity contribution in [2.45, 2.75) is 26.2 Å². The van der Waals surface area contributed by atoms with Crippen molar-refractivity contribution < 1.29 is 9.13 Å². The molecule has 0 aliphatic rings. The van der Waals surface area contributed by atoms with Crippen molar-refractivity contribution >= 4 is 0 Å². The standard InChI is InChI=1S/C18H22FNO/c1-13-7-8-14(2)16(11-13)15(12-20)9-10-21-18-6-4-3-5-17(18)19/h3-8,11,15H,9-10,12,20H2,1-2H3. The molecule has 0 aromatic heterocycles. The van der Waals surface area contributed by atoms with Gasteiger partial charge in [-0.05, 0) is 56.0 Å². The van der Waals surface area contributed by atoms with E-state index in [1.54, 1.807) is 18.2 Å². The molecule has 0 aliphatic carbocycles. The van der Waals surface area contributed by atoms with Gasteiger partial charge in [0.2, 0.25) is 0 Å². The van der Waals surface area contributed by atoms with Crippen LogP contribution in [-0.2, 0) is 0 Å². The van der Waals surface area contributed by atoms with Crippen LogP contribution >= 0.6 is 0 Å². The molecule has 0 saturated heterocycles. The lowest BCUT2D eigenvalue weighted by atomic mass is 9.91. The first-order valence-corrected chi connectivity index (χ1v) is 7.26. The molecule has 0 bridgehead atoms. The molecule has 0 amide bonds. The van der Waals surface area contributed by atoms with Gasteiger partial charge < -0.3 is 10.5 Å². The summed E-state index contributed by atoms with van der Waals surface area (Å²) in [5.74, 6) is 0.208. The summed E-state index contributed by atoms with van der Waals surface area (Å²) in [7, 11) is 0. The Bertz CT molecular complexity index is 598. The van der Waals surface area contributed by atoms with Gasteiger partial charge in [-0.3, -0.25) is 0 Å². The Balaban J connectivity index is 2.00. The van der Waals surface area contributed by atoms with Gasteiger partial charge in [-0.2, -0.15) is 0 Å². The maximum Gasteiger partial charge on any atom is 0.165 e. The fourth-order valence-electron chi connectivity index (χ4n) is 2.47. The number of hydrogen-bond acceptors (Lipinski definition) is 2. The van der Waals surface area contributed by atoms with E-state index in [1.165, 1.54) is 22.8 Å². The zero-order chi connectivity index (χ0) is 15.2. The van der Waals surface area contributed by atoms with Crippen LogP contribution in [0.3, 0.4) is 0 Å². The molecule has 0 heterocycles. The van der Waals surface area contributed by atoms with Crippen LogP contribution in [0.2, 0.25) is 0 Å². The summed E-state index contributed by atoms with van der Waals surface area (Å²) in [6.45, 7) is 5.18. The topological polar surface area (TPSA) is 35.2 Å². The SMILES string of the molecule is Cc1ccc(C)c(C(CN)CCOc2ccccc2F)c1. The number of nitrogens with two attached hydrogens (primary N) is 1. The Kier molecular flexibility index (Phi) is 5.34. The molecule has 2 aromatic carbocycles. The molecule has 2 aromatic rings. The number of benzene rings is 2. The highest BCUT2D eigenvalue weighted by Crippen LogP contribution is 2.24. The monoisotopic (exact) mass is 287 g/mol. The third-order valence-corrected chi connectivity index (χ3v) is 3.72. The van der Waals surface area contributed by atoms with Gasteiger partial charge in [0.25, 0.3) is 0 Å². The second-order valence-corrected chi connectivity index (χ2v) is 5.36. The van der Waals surface area contributed by atoms with E-state index >= 15 is 0 Å². The van der Waals surface area contributed by atoms with Crippen LogP contribution in [0.15, 0.2) is 42.5 Å². The van der Waals surface area contributed by atoms with Crippen molar-refractivity contribution in [3.63, 3.8) is 0 Å². The lowest BCUT2D eigenvalue weighted by Gasteiger charge is -2.18. The number of ether oxygens (including phenoxy) is 1. The van der Waals surface area contributed by atoms with E-state index in [-0.39, 0.29) is 11.7 Å². The summed E-state index contributed by atoms with van der Waals surface area (Å²) in [5.41, 5.74) is 9.63. The van der Waals surface area contributed by atoms with E-state index in [0.717, 1.165) is 6.42 Å². The van der Waals surface area contributed by atoms with Crippen LogP contribution in [0, 0.1) is 19.7 Å². The molecule has 2 nitrogen and oxygen atoms in total. The van der Waals surface area contributed by atoms with Gasteiger partial charge in [-0.15, -0.1) is 0 Å².